The van der Waals surface area contributed by atoms with Crippen molar-refractivity contribution in [3.05, 3.63) is 29.6 Å². The number of nitrogens with one attached hydrogen (secondary N) is 1. The molecule has 29 heavy (non-hydrogen) atoms. The maximum atomic E-state index is 13.8. The van der Waals surface area contributed by atoms with Crippen LogP contribution in [-0.2, 0) is 0 Å². The van der Waals surface area contributed by atoms with Crippen LogP contribution in [0.2, 0.25) is 0 Å². The first-order valence-corrected chi connectivity index (χ1v) is 10.3. The highest BCUT2D eigenvalue weighted by Gasteiger charge is 2.26. The highest BCUT2D eigenvalue weighted by molar-refractivity contribution is 6.04. The molecule has 1 heterocycles. The Balaban J connectivity index is 1.78. The molecule has 0 saturated heterocycles. The second kappa shape index (κ2) is 9.76. The summed E-state index contributed by atoms with van der Waals surface area (Å²) >= 11 is 0. The van der Waals surface area contributed by atoms with Crippen LogP contribution in [0.1, 0.15) is 55.3 Å². The first-order valence-electron chi connectivity index (χ1n) is 10.3. The number of benzene rings is 1. The molecule has 1 aliphatic carbocycles. The summed E-state index contributed by atoms with van der Waals surface area (Å²) in [5, 5.41) is 7.08. The van der Waals surface area contributed by atoms with Crippen molar-refractivity contribution in [3.63, 3.8) is 0 Å². The maximum absolute atomic E-state index is 13.8. The van der Waals surface area contributed by atoms with Gasteiger partial charge in [-0.1, -0.05) is 43.7 Å². The summed E-state index contributed by atoms with van der Waals surface area (Å²) in [6.07, 6.45) is 8.67. The van der Waals surface area contributed by atoms with Crippen LogP contribution in [0.15, 0.2) is 22.7 Å². The van der Waals surface area contributed by atoms with Crippen molar-refractivity contribution in [2.24, 2.45) is 5.92 Å². The molecule has 0 bridgehead atoms. The molecule has 0 aliphatic heterocycles. The Bertz CT molecular complexity index is 827. The van der Waals surface area contributed by atoms with Crippen LogP contribution >= 0.6 is 0 Å². The average molecular weight is 403 g/mol. The summed E-state index contributed by atoms with van der Waals surface area (Å²) in [6.45, 7) is 0.619. The van der Waals surface area contributed by atoms with Crippen molar-refractivity contribution in [2.45, 2.75) is 44.9 Å². The first-order chi connectivity index (χ1) is 14.0. The van der Waals surface area contributed by atoms with Crippen molar-refractivity contribution in [2.75, 3.05) is 32.6 Å². The van der Waals surface area contributed by atoms with Crippen molar-refractivity contribution in [1.82, 2.24) is 10.5 Å². The number of hydrogen-bond donors (Lipinski definition) is 1. The number of rotatable bonds is 7. The smallest absolute Gasteiger partial charge is 0.259 e. The molecule has 6 nitrogen and oxygen atoms in total. The Labute approximate surface area is 171 Å². The minimum atomic E-state index is -0.474. The SMILES string of the molecule is COc1cc(-c2onc(N(C)C)c2C(=O)NCCC2CCCCCC2)ccc1F. The Morgan fingerprint density at radius 1 is 1.28 bits per heavy atom. The predicted octanol–water partition coefficient (Wildman–Crippen LogP) is 4.65. The van der Waals surface area contributed by atoms with E-state index in [9.17, 15) is 9.18 Å². The van der Waals surface area contributed by atoms with Crippen LogP contribution in [0.5, 0.6) is 5.75 Å². The number of methoxy groups -OCH3 is 1. The van der Waals surface area contributed by atoms with Gasteiger partial charge in [-0.25, -0.2) is 4.39 Å². The second-order valence-corrected chi connectivity index (χ2v) is 7.86. The lowest BCUT2D eigenvalue weighted by molar-refractivity contribution is 0.0951. The molecule has 1 amide bonds. The molecule has 1 fully saturated rings. The van der Waals surface area contributed by atoms with Crippen LogP contribution < -0.4 is 15.0 Å². The Hall–Kier alpha value is -2.57. The van der Waals surface area contributed by atoms with E-state index < -0.39 is 5.82 Å². The minimum absolute atomic E-state index is 0.0880. The summed E-state index contributed by atoms with van der Waals surface area (Å²) in [5.41, 5.74) is 0.891. The quantitative estimate of drug-likeness (QED) is 0.682. The van der Waals surface area contributed by atoms with Gasteiger partial charge < -0.3 is 19.5 Å². The standard InChI is InChI=1S/C22H30FN3O3/c1-26(2)21-19(22(27)24-13-12-15-8-6-4-5-7-9-15)20(29-25-21)16-10-11-17(23)18(14-16)28-3/h10-11,14-15H,4-9,12-13H2,1-3H3,(H,24,27). The molecular weight excluding hydrogens is 373 g/mol. The number of hydrogen-bond acceptors (Lipinski definition) is 5. The van der Waals surface area contributed by atoms with Crippen molar-refractivity contribution in [3.8, 4) is 17.1 Å². The summed E-state index contributed by atoms with van der Waals surface area (Å²) in [7, 11) is 5.00. The lowest BCUT2D eigenvalue weighted by Crippen LogP contribution is -2.27. The second-order valence-electron chi connectivity index (χ2n) is 7.86. The molecule has 1 aliphatic rings. The molecule has 158 valence electrons. The number of carbonyl (C=O) groups excluding carboxylic acids is 1. The van der Waals surface area contributed by atoms with E-state index in [0.29, 0.717) is 35.2 Å². The third-order valence-corrected chi connectivity index (χ3v) is 5.55. The van der Waals surface area contributed by atoms with E-state index in [1.807, 2.05) is 0 Å². The van der Waals surface area contributed by atoms with E-state index in [0.717, 1.165) is 6.42 Å². The van der Waals surface area contributed by atoms with Gasteiger partial charge in [-0.05, 0) is 30.5 Å². The maximum Gasteiger partial charge on any atom is 0.259 e. The summed E-state index contributed by atoms with van der Waals surface area (Å²) in [5.74, 6) is 0.800. The fraction of sp³-hybridized carbons (Fsp3) is 0.545. The van der Waals surface area contributed by atoms with Gasteiger partial charge in [-0.3, -0.25) is 4.79 Å². The van der Waals surface area contributed by atoms with Gasteiger partial charge in [0.25, 0.3) is 5.91 Å². The van der Waals surface area contributed by atoms with E-state index in [-0.39, 0.29) is 11.7 Å². The summed E-state index contributed by atoms with van der Waals surface area (Å²) in [4.78, 5) is 14.7. The summed E-state index contributed by atoms with van der Waals surface area (Å²) in [6, 6.07) is 4.36. The zero-order chi connectivity index (χ0) is 20.8. The van der Waals surface area contributed by atoms with Crippen molar-refractivity contribution in [1.29, 1.82) is 0 Å². The topological polar surface area (TPSA) is 67.6 Å². The minimum Gasteiger partial charge on any atom is -0.494 e. The van der Waals surface area contributed by atoms with Gasteiger partial charge in [0.1, 0.15) is 5.56 Å². The van der Waals surface area contributed by atoms with Gasteiger partial charge >= 0.3 is 0 Å². The van der Waals surface area contributed by atoms with E-state index in [1.165, 1.54) is 57.8 Å². The van der Waals surface area contributed by atoms with Crippen LogP contribution in [0, 0.1) is 11.7 Å². The number of anilines is 1. The molecule has 1 aromatic carbocycles. The highest BCUT2D eigenvalue weighted by atomic mass is 19.1. The lowest BCUT2D eigenvalue weighted by Gasteiger charge is -2.15. The van der Waals surface area contributed by atoms with Gasteiger partial charge in [0.15, 0.2) is 23.1 Å². The molecule has 2 aromatic rings. The fourth-order valence-electron chi connectivity index (χ4n) is 3.92. The van der Waals surface area contributed by atoms with Crippen LogP contribution in [0.25, 0.3) is 11.3 Å². The number of carbonyl (C=O) groups is 1. The number of ether oxygens (including phenoxy) is 1. The molecular formula is C22H30FN3O3. The molecule has 3 rings (SSSR count). The van der Waals surface area contributed by atoms with Crippen molar-refractivity contribution >= 4 is 11.7 Å². The monoisotopic (exact) mass is 403 g/mol. The Morgan fingerprint density at radius 2 is 2.00 bits per heavy atom. The molecule has 0 unspecified atom stereocenters. The number of nitrogens with zero attached hydrogens (tertiary/aromatic N) is 2. The van der Waals surface area contributed by atoms with Crippen LogP contribution in [0.4, 0.5) is 10.2 Å². The van der Waals surface area contributed by atoms with Gasteiger partial charge in [0.2, 0.25) is 0 Å². The van der Waals surface area contributed by atoms with Gasteiger partial charge in [-0.15, -0.1) is 0 Å². The number of aromatic nitrogens is 1. The lowest BCUT2D eigenvalue weighted by atomic mass is 9.96. The van der Waals surface area contributed by atoms with E-state index >= 15 is 0 Å². The summed E-state index contributed by atoms with van der Waals surface area (Å²) < 4.78 is 24.3. The molecule has 0 radical (unpaired) electrons. The largest absolute Gasteiger partial charge is 0.494 e. The van der Waals surface area contributed by atoms with E-state index in [2.05, 4.69) is 10.5 Å². The Morgan fingerprint density at radius 3 is 2.66 bits per heavy atom. The zero-order valence-electron chi connectivity index (χ0n) is 17.5. The third-order valence-electron chi connectivity index (χ3n) is 5.55. The van der Waals surface area contributed by atoms with Crippen LogP contribution in [-0.4, -0.2) is 38.8 Å². The number of amides is 1. The van der Waals surface area contributed by atoms with Crippen molar-refractivity contribution < 1.29 is 18.4 Å². The molecule has 0 spiro atoms. The number of halogens is 1. The molecule has 0 atom stereocenters. The average Bonchev–Trinajstić information content (AvgIpc) is 3.00. The fourth-order valence-corrected chi connectivity index (χ4v) is 3.92. The molecule has 1 aromatic heterocycles. The highest BCUT2D eigenvalue weighted by Crippen LogP contribution is 2.33. The van der Waals surface area contributed by atoms with Gasteiger partial charge in [-0.2, -0.15) is 0 Å². The van der Waals surface area contributed by atoms with E-state index in [4.69, 9.17) is 9.26 Å². The van der Waals surface area contributed by atoms with Gasteiger partial charge in [0, 0.05) is 26.2 Å². The molecule has 7 heteroatoms. The first kappa shape index (κ1) is 21.1. The predicted molar refractivity (Wildman–Crippen MR) is 111 cm³/mol. The normalized spacial score (nSPS) is 15.0. The Kier molecular flexibility index (Phi) is 7.12. The van der Waals surface area contributed by atoms with Crippen LogP contribution in [0.3, 0.4) is 0 Å². The zero-order valence-corrected chi connectivity index (χ0v) is 17.5. The van der Waals surface area contributed by atoms with E-state index in [1.54, 1.807) is 25.1 Å². The van der Waals surface area contributed by atoms with Gasteiger partial charge in [0.05, 0.1) is 7.11 Å². The molecule has 1 N–H and O–H groups in total. The third kappa shape index (κ3) is 5.08. The molecule has 1 saturated carbocycles.